The normalized spacial score (nSPS) is 20.6. The molecule has 1 saturated heterocycles. The molecule has 0 aromatic heterocycles. The number of rotatable bonds is 4. The van der Waals surface area contributed by atoms with E-state index in [1.807, 2.05) is 0 Å². The Hall–Kier alpha value is -1.51. The summed E-state index contributed by atoms with van der Waals surface area (Å²) in [5.41, 5.74) is 3.70. The molecule has 0 bridgehead atoms. The lowest BCUT2D eigenvalue weighted by Gasteiger charge is -2.26. The highest BCUT2D eigenvalue weighted by atomic mass is 16.4. The number of carboxylic acid groups (broad SMARTS) is 1. The van der Waals surface area contributed by atoms with E-state index >= 15 is 0 Å². The van der Waals surface area contributed by atoms with Gasteiger partial charge in [-0.1, -0.05) is 17.7 Å². The van der Waals surface area contributed by atoms with E-state index < -0.39 is 5.97 Å². The topological polar surface area (TPSA) is 40.5 Å². The van der Waals surface area contributed by atoms with Crippen LogP contribution in [0.4, 0.5) is 5.69 Å². The van der Waals surface area contributed by atoms with Crippen molar-refractivity contribution in [2.45, 2.75) is 44.4 Å². The van der Waals surface area contributed by atoms with E-state index in [9.17, 15) is 4.79 Å². The smallest absolute Gasteiger partial charge is 0.304 e. The van der Waals surface area contributed by atoms with Crippen LogP contribution in [0.15, 0.2) is 18.2 Å². The van der Waals surface area contributed by atoms with Crippen molar-refractivity contribution in [3.8, 4) is 0 Å². The van der Waals surface area contributed by atoms with Crippen molar-refractivity contribution in [2.75, 3.05) is 18.0 Å². The highest BCUT2D eigenvalue weighted by molar-refractivity contribution is 5.72. The molecule has 0 unspecified atom stereocenters. The van der Waals surface area contributed by atoms with Crippen LogP contribution in [0.1, 0.15) is 43.2 Å². The fourth-order valence-corrected chi connectivity index (χ4v) is 3.29. The number of carbonyl (C=O) groups is 1. The summed E-state index contributed by atoms with van der Waals surface area (Å²) >= 11 is 0. The van der Waals surface area contributed by atoms with Gasteiger partial charge < -0.3 is 10.0 Å². The molecule has 1 heterocycles. The first kappa shape index (κ1) is 12.5. The molecule has 0 spiro atoms. The molecule has 2 aliphatic rings. The number of carboxylic acids is 1. The molecular weight excluding hydrogens is 238 g/mol. The standard InChI is InChI=1S/C16H21NO2/c1-12-4-5-14(17-8-2-3-9-17)13(10-12)16(6-7-16)11-15(18)19/h4-5,10H,2-3,6-9,11H2,1H3,(H,18,19). The van der Waals surface area contributed by atoms with E-state index in [4.69, 9.17) is 5.11 Å². The Balaban J connectivity index is 1.99. The molecule has 19 heavy (non-hydrogen) atoms. The van der Waals surface area contributed by atoms with Gasteiger partial charge in [-0.2, -0.15) is 0 Å². The van der Waals surface area contributed by atoms with Gasteiger partial charge in [-0.15, -0.1) is 0 Å². The predicted octanol–water partition coefficient (Wildman–Crippen LogP) is 3.10. The summed E-state index contributed by atoms with van der Waals surface area (Å²) in [6, 6.07) is 6.55. The Morgan fingerprint density at radius 2 is 2.00 bits per heavy atom. The van der Waals surface area contributed by atoms with Crippen LogP contribution >= 0.6 is 0 Å². The van der Waals surface area contributed by atoms with Crippen molar-refractivity contribution in [3.05, 3.63) is 29.3 Å². The molecule has 2 fully saturated rings. The maximum absolute atomic E-state index is 11.1. The fraction of sp³-hybridized carbons (Fsp3) is 0.562. The zero-order chi connectivity index (χ0) is 13.5. The maximum Gasteiger partial charge on any atom is 0.304 e. The van der Waals surface area contributed by atoms with E-state index in [0.717, 1.165) is 25.9 Å². The van der Waals surface area contributed by atoms with Crippen LogP contribution in [0, 0.1) is 6.92 Å². The summed E-state index contributed by atoms with van der Waals surface area (Å²) in [6.45, 7) is 4.31. The summed E-state index contributed by atoms with van der Waals surface area (Å²) < 4.78 is 0. The van der Waals surface area contributed by atoms with Crippen LogP contribution in [0.2, 0.25) is 0 Å². The lowest BCUT2D eigenvalue weighted by Crippen LogP contribution is -2.23. The number of hydrogen-bond donors (Lipinski definition) is 1. The van der Waals surface area contributed by atoms with Crippen molar-refractivity contribution in [3.63, 3.8) is 0 Å². The number of benzene rings is 1. The van der Waals surface area contributed by atoms with Crippen molar-refractivity contribution in [1.82, 2.24) is 0 Å². The highest BCUT2D eigenvalue weighted by Gasteiger charge is 2.47. The van der Waals surface area contributed by atoms with E-state index in [2.05, 4.69) is 30.0 Å². The zero-order valence-corrected chi connectivity index (χ0v) is 11.5. The second-order valence-electron chi connectivity index (χ2n) is 6.07. The van der Waals surface area contributed by atoms with Gasteiger partial charge >= 0.3 is 5.97 Å². The lowest BCUT2D eigenvalue weighted by molar-refractivity contribution is -0.137. The minimum absolute atomic E-state index is 0.0875. The number of aryl methyl sites for hydroxylation is 1. The molecule has 1 aromatic rings. The van der Waals surface area contributed by atoms with E-state index in [1.54, 1.807) is 0 Å². The second kappa shape index (κ2) is 4.55. The molecule has 3 rings (SSSR count). The molecule has 1 aromatic carbocycles. The Morgan fingerprint density at radius 1 is 1.32 bits per heavy atom. The van der Waals surface area contributed by atoms with Crippen molar-refractivity contribution >= 4 is 11.7 Å². The Bertz CT molecular complexity index is 499. The minimum Gasteiger partial charge on any atom is -0.481 e. The van der Waals surface area contributed by atoms with E-state index in [1.165, 1.54) is 29.7 Å². The molecule has 3 heteroatoms. The fourth-order valence-electron chi connectivity index (χ4n) is 3.29. The van der Waals surface area contributed by atoms with Crippen LogP contribution in [0.3, 0.4) is 0 Å². The highest BCUT2D eigenvalue weighted by Crippen LogP contribution is 2.54. The van der Waals surface area contributed by atoms with Crippen LogP contribution in [-0.4, -0.2) is 24.2 Å². The van der Waals surface area contributed by atoms with Gasteiger partial charge in [-0.25, -0.2) is 0 Å². The Morgan fingerprint density at radius 3 is 2.58 bits per heavy atom. The Kier molecular flexibility index (Phi) is 3.00. The van der Waals surface area contributed by atoms with Gasteiger partial charge in [0, 0.05) is 24.2 Å². The summed E-state index contributed by atoms with van der Waals surface area (Å²) in [6.07, 6.45) is 4.81. The van der Waals surface area contributed by atoms with E-state index in [0.29, 0.717) is 0 Å². The Labute approximate surface area is 114 Å². The molecule has 0 atom stereocenters. The number of aliphatic carboxylic acids is 1. The SMILES string of the molecule is Cc1ccc(N2CCCC2)c(C2(CC(=O)O)CC2)c1. The third-order valence-corrected chi connectivity index (χ3v) is 4.51. The molecule has 1 saturated carbocycles. The van der Waals surface area contributed by atoms with Gasteiger partial charge in [0.05, 0.1) is 6.42 Å². The monoisotopic (exact) mass is 259 g/mol. The molecule has 1 N–H and O–H groups in total. The third-order valence-electron chi connectivity index (χ3n) is 4.51. The molecule has 0 amide bonds. The summed E-state index contributed by atoms with van der Waals surface area (Å²) in [5, 5.41) is 9.16. The molecule has 1 aliphatic carbocycles. The average molecular weight is 259 g/mol. The zero-order valence-electron chi connectivity index (χ0n) is 11.5. The first-order valence-electron chi connectivity index (χ1n) is 7.19. The second-order valence-corrected chi connectivity index (χ2v) is 6.07. The first-order valence-corrected chi connectivity index (χ1v) is 7.19. The number of anilines is 1. The lowest BCUT2D eigenvalue weighted by atomic mass is 9.89. The van der Waals surface area contributed by atoms with Gasteiger partial charge in [0.25, 0.3) is 0 Å². The van der Waals surface area contributed by atoms with Crippen molar-refractivity contribution in [2.24, 2.45) is 0 Å². The molecule has 3 nitrogen and oxygen atoms in total. The first-order chi connectivity index (χ1) is 9.11. The van der Waals surface area contributed by atoms with Crippen LogP contribution in [0.5, 0.6) is 0 Å². The van der Waals surface area contributed by atoms with Crippen molar-refractivity contribution in [1.29, 1.82) is 0 Å². The van der Waals surface area contributed by atoms with Crippen molar-refractivity contribution < 1.29 is 9.90 Å². The maximum atomic E-state index is 11.1. The van der Waals surface area contributed by atoms with Crippen LogP contribution in [0.25, 0.3) is 0 Å². The van der Waals surface area contributed by atoms with Crippen LogP contribution in [-0.2, 0) is 10.2 Å². The van der Waals surface area contributed by atoms with Gasteiger partial charge in [0.15, 0.2) is 0 Å². The molecule has 0 radical (unpaired) electrons. The van der Waals surface area contributed by atoms with Crippen LogP contribution < -0.4 is 4.90 Å². The van der Waals surface area contributed by atoms with Gasteiger partial charge in [0.1, 0.15) is 0 Å². The molecule has 102 valence electrons. The van der Waals surface area contributed by atoms with Gasteiger partial charge in [-0.05, 0) is 44.2 Å². The summed E-state index contributed by atoms with van der Waals surface area (Å²) in [7, 11) is 0. The third kappa shape index (κ3) is 2.34. The largest absolute Gasteiger partial charge is 0.481 e. The number of nitrogens with zero attached hydrogens (tertiary/aromatic N) is 1. The molecular formula is C16H21NO2. The predicted molar refractivity (Wildman–Crippen MR) is 75.8 cm³/mol. The average Bonchev–Trinajstić information content (AvgIpc) is 2.92. The quantitative estimate of drug-likeness (QED) is 0.903. The molecule has 1 aliphatic heterocycles. The summed E-state index contributed by atoms with van der Waals surface area (Å²) in [4.78, 5) is 13.6. The number of hydrogen-bond acceptors (Lipinski definition) is 2. The van der Waals surface area contributed by atoms with Gasteiger partial charge in [-0.3, -0.25) is 4.79 Å². The van der Waals surface area contributed by atoms with Gasteiger partial charge in [0.2, 0.25) is 0 Å². The summed E-state index contributed by atoms with van der Waals surface area (Å²) in [5.74, 6) is -0.675. The minimum atomic E-state index is -0.675. The van der Waals surface area contributed by atoms with E-state index in [-0.39, 0.29) is 11.8 Å².